The highest BCUT2D eigenvalue weighted by Crippen LogP contribution is 2.33. The van der Waals surface area contributed by atoms with Crippen molar-refractivity contribution in [2.75, 3.05) is 16.4 Å². The number of nitrogens with zero attached hydrogens (tertiary/aromatic N) is 1. The maximum Gasteiger partial charge on any atom is 0.259 e. The van der Waals surface area contributed by atoms with Crippen LogP contribution < -0.4 is 16.4 Å². The van der Waals surface area contributed by atoms with E-state index in [1.165, 1.54) is 18.3 Å². The predicted molar refractivity (Wildman–Crippen MR) is 101 cm³/mol. The van der Waals surface area contributed by atoms with Crippen molar-refractivity contribution in [2.24, 2.45) is 0 Å². The van der Waals surface area contributed by atoms with Crippen LogP contribution in [-0.2, 0) is 4.79 Å². The number of nitrogens with one attached hydrogen (secondary N) is 2. The topological polar surface area (TPSA) is 97.1 Å². The Bertz CT molecular complexity index is 922. The molecule has 1 aromatic heterocycles. The molecule has 0 aliphatic carbocycles. The molecule has 0 aliphatic heterocycles. The van der Waals surface area contributed by atoms with Crippen molar-refractivity contribution in [3.8, 4) is 11.3 Å². The number of nitrogens with two attached hydrogens (primary N) is 1. The molecule has 7 heteroatoms. The molecule has 25 heavy (non-hydrogen) atoms. The number of carbonyl (C=O) groups excluding carboxylic acids is 2. The predicted octanol–water partition coefficient (Wildman–Crippen LogP) is 3.60. The average Bonchev–Trinajstić information content (AvgIpc) is 2.96. The zero-order valence-corrected chi connectivity index (χ0v) is 14.3. The summed E-state index contributed by atoms with van der Waals surface area (Å²) in [5, 5.41) is 6.31. The molecule has 0 fully saturated rings. The Morgan fingerprint density at radius 1 is 1.00 bits per heavy atom. The molecule has 6 nitrogen and oxygen atoms in total. The second-order valence-corrected chi connectivity index (χ2v) is 6.31. The van der Waals surface area contributed by atoms with Crippen molar-refractivity contribution in [2.45, 2.75) is 6.92 Å². The van der Waals surface area contributed by atoms with E-state index in [1.807, 2.05) is 30.3 Å². The van der Waals surface area contributed by atoms with E-state index in [-0.39, 0.29) is 11.8 Å². The van der Waals surface area contributed by atoms with Gasteiger partial charge in [0, 0.05) is 12.5 Å². The Kier molecular flexibility index (Phi) is 4.76. The number of hydrogen-bond donors (Lipinski definition) is 3. The molecule has 0 aliphatic rings. The zero-order chi connectivity index (χ0) is 17.8. The second-order valence-electron chi connectivity index (χ2n) is 5.28. The SMILES string of the molecule is CC(=O)Nc1ccccc1C(=O)Nc1nc(-c2ccccc2)c(N)s1. The van der Waals surface area contributed by atoms with Gasteiger partial charge in [0.05, 0.1) is 11.3 Å². The minimum absolute atomic E-state index is 0.245. The van der Waals surface area contributed by atoms with E-state index in [2.05, 4.69) is 15.6 Å². The van der Waals surface area contributed by atoms with Gasteiger partial charge in [0.2, 0.25) is 5.91 Å². The normalized spacial score (nSPS) is 10.3. The minimum atomic E-state index is -0.363. The number of benzene rings is 2. The van der Waals surface area contributed by atoms with Crippen LogP contribution in [0.15, 0.2) is 54.6 Å². The van der Waals surface area contributed by atoms with E-state index in [9.17, 15) is 9.59 Å². The zero-order valence-electron chi connectivity index (χ0n) is 13.4. The van der Waals surface area contributed by atoms with Gasteiger partial charge in [-0.15, -0.1) is 0 Å². The molecule has 0 atom stereocenters. The lowest BCUT2D eigenvalue weighted by atomic mass is 10.1. The van der Waals surface area contributed by atoms with Crippen LogP contribution >= 0.6 is 11.3 Å². The van der Waals surface area contributed by atoms with E-state index in [4.69, 9.17) is 5.73 Å². The maximum absolute atomic E-state index is 12.5. The van der Waals surface area contributed by atoms with Crippen LogP contribution in [0.5, 0.6) is 0 Å². The smallest absolute Gasteiger partial charge is 0.259 e. The van der Waals surface area contributed by atoms with Crippen LogP contribution in [0, 0.1) is 0 Å². The molecule has 3 aromatic rings. The number of para-hydroxylation sites is 1. The summed E-state index contributed by atoms with van der Waals surface area (Å²) in [6, 6.07) is 16.3. The fourth-order valence-electron chi connectivity index (χ4n) is 2.33. The molecule has 0 bridgehead atoms. The quantitative estimate of drug-likeness (QED) is 0.668. The largest absolute Gasteiger partial charge is 0.389 e. The van der Waals surface area contributed by atoms with E-state index < -0.39 is 0 Å². The molecule has 0 radical (unpaired) electrons. The van der Waals surface area contributed by atoms with Crippen molar-refractivity contribution in [3.05, 3.63) is 60.2 Å². The van der Waals surface area contributed by atoms with Crippen LogP contribution in [0.2, 0.25) is 0 Å². The fourth-order valence-corrected chi connectivity index (χ4v) is 3.08. The van der Waals surface area contributed by atoms with Gasteiger partial charge in [-0.05, 0) is 12.1 Å². The molecule has 2 aromatic carbocycles. The molecule has 1 heterocycles. The fraction of sp³-hybridized carbons (Fsp3) is 0.0556. The highest BCUT2D eigenvalue weighted by molar-refractivity contribution is 7.20. The van der Waals surface area contributed by atoms with E-state index >= 15 is 0 Å². The first kappa shape index (κ1) is 16.7. The van der Waals surface area contributed by atoms with Gasteiger partial charge in [-0.1, -0.05) is 53.8 Å². The molecule has 4 N–H and O–H groups in total. The van der Waals surface area contributed by atoms with Gasteiger partial charge >= 0.3 is 0 Å². The third kappa shape index (κ3) is 3.84. The molecule has 0 saturated heterocycles. The molecule has 0 spiro atoms. The van der Waals surface area contributed by atoms with Crippen LogP contribution in [-0.4, -0.2) is 16.8 Å². The Balaban J connectivity index is 1.84. The van der Waals surface area contributed by atoms with Gasteiger partial charge in [0.15, 0.2) is 5.13 Å². The highest BCUT2D eigenvalue weighted by Gasteiger charge is 2.16. The standard InChI is InChI=1S/C18H16N4O2S/c1-11(23)20-14-10-6-5-9-13(14)17(24)22-18-21-15(16(19)25-18)12-7-3-2-4-8-12/h2-10H,19H2,1H3,(H,20,23)(H,21,22,24). The lowest BCUT2D eigenvalue weighted by Gasteiger charge is -2.08. The van der Waals surface area contributed by atoms with Crippen LogP contribution in [0.25, 0.3) is 11.3 Å². The molecule has 2 amide bonds. The Morgan fingerprint density at radius 2 is 1.68 bits per heavy atom. The lowest BCUT2D eigenvalue weighted by Crippen LogP contribution is -2.16. The number of amides is 2. The summed E-state index contributed by atoms with van der Waals surface area (Å²) in [4.78, 5) is 28.2. The summed E-state index contributed by atoms with van der Waals surface area (Å²) >= 11 is 1.20. The van der Waals surface area contributed by atoms with Crippen molar-refractivity contribution >= 4 is 39.0 Å². The van der Waals surface area contributed by atoms with Crippen molar-refractivity contribution in [1.29, 1.82) is 0 Å². The van der Waals surface area contributed by atoms with Gasteiger partial charge < -0.3 is 11.1 Å². The molecule has 3 rings (SSSR count). The molecular formula is C18H16N4O2S. The first-order valence-corrected chi connectivity index (χ1v) is 8.36. The van der Waals surface area contributed by atoms with Gasteiger partial charge in [-0.3, -0.25) is 14.9 Å². The minimum Gasteiger partial charge on any atom is -0.389 e. The molecule has 0 unspecified atom stereocenters. The number of anilines is 3. The Morgan fingerprint density at radius 3 is 2.40 bits per heavy atom. The summed E-state index contributed by atoms with van der Waals surface area (Å²) in [6.45, 7) is 1.39. The van der Waals surface area contributed by atoms with E-state index in [1.54, 1.807) is 24.3 Å². The Labute approximate surface area is 148 Å². The number of carbonyl (C=O) groups is 2. The second kappa shape index (κ2) is 7.14. The van der Waals surface area contributed by atoms with Crippen molar-refractivity contribution in [1.82, 2.24) is 4.98 Å². The van der Waals surface area contributed by atoms with Gasteiger partial charge in [-0.25, -0.2) is 4.98 Å². The first-order valence-electron chi connectivity index (χ1n) is 7.54. The van der Waals surface area contributed by atoms with Crippen LogP contribution in [0.4, 0.5) is 15.8 Å². The number of rotatable bonds is 4. The molecule has 126 valence electrons. The number of hydrogen-bond acceptors (Lipinski definition) is 5. The number of thiazole rings is 1. The summed E-state index contributed by atoms with van der Waals surface area (Å²) in [5.41, 5.74) is 8.35. The van der Waals surface area contributed by atoms with Crippen LogP contribution in [0.3, 0.4) is 0 Å². The van der Waals surface area contributed by atoms with Gasteiger partial charge in [-0.2, -0.15) is 0 Å². The van der Waals surface area contributed by atoms with E-state index in [0.29, 0.717) is 27.1 Å². The average molecular weight is 352 g/mol. The first-order chi connectivity index (χ1) is 12.0. The van der Waals surface area contributed by atoms with Crippen molar-refractivity contribution < 1.29 is 9.59 Å². The third-order valence-corrected chi connectivity index (χ3v) is 4.20. The summed E-state index contributed by atoms with van der Waals surface area (Å²) < 4.78 is 0. The Hall–Kier alpha value is -3.19. The van der Waals surface area contributed by atoms with E-state index in [0.717, 1.165) is 5.56 Å². The molecular weight excluding hydrogens is 336 g/mol. The third-order valence-electron chi connectivity index (χ3n) is 3.40. The van der Waals surface area contributed by atoms with Gasteiger partial charge in [0.1, 0.15) is 10.7 Å². The monoisotopic (exact) mass is 352 g/mol. The van der Waals surface area contributed by atoms with Gasteiger partial charge in [0.25, 0.3) is 5.91 Å². The summed E-state index contributed by atoms with van der Waals surface area (Å²) in [5.74, 6) is -0.609. The molecule has 0 saturated carbocycles. The lowest BCUT2D eigenvalue weighted by molar-refractivity contribution is -0.114. The number of nitrogen functional groups attached to an aromatic ring is 1. The van der Waals surface area contributed by atoms with Crippen molar-refractivity contribution in [3.63, 3.8) is 0 Å². The number of aromatic nitrogens is 1. The maximum atomic E-state index is 12.5. The van der Waals surface area contributed by atoms with Crippen LogP contribution in [0.1, 0.15) is 17.3 Å². The summed E-state index contributed by atoms with van der Waals surface area (Å²) in [6.07, 6.45) is 0. The summed E-state index contributed by atoms with van der Waals surface area (Å²) in [7, 11) is 0. The highest BCUT2D eigenvalue weighted by atomic mass is 32.1.